The van der Waals surface area contributed by atoms with E-state index in [-0.39, 0.29) is 0 Å². The molecule has 1 unspecified atom stereocenters. The van der Waals surface area contributed by atoms with Crippen LogP contribution in [0.15, 0.2) is 48.5 Å². The van der Waals surface area contributed by atoms with Crippen molar-refractivity contribution in [3.8, 4) is 0 Å². The molecule has 122 valence electrons. The Balaban J connectivity index is 1.83. The first-order valence-electron chi connectivity index (χ1n) is 7.93. The lowest BCUT2D eigenvalue weighted by Gasteiger charge is -2.18. The minimum Gasteiger partial charge on any atom is -0.362 e. The van der Waals surface area contributed by atoms with E-state index in [0.29, 0.717) is 11.0 Å². The molecule has 2 aromatic rings. The van der Waals surface area contributed by atoms with Crippen molar-refractivity contribution in [1.82, 2.24) is 5.32 Å². The average Bonchev–Trinajstić information content (AvgIpc) is 2.56. The van der Waals surface area contributed by atoms with Crippen molar-refractivity contribution in [2.75, 3.05) is 11.9 Å². The zero-order chi connectivity index (χ0) is 16.7. The van der Waals surface area contributed by atoms with Gasteiger partial charge in [-0.2, -0.15) is 0 Å². The third-order valence-corrected chi connectivity index (χ3v) is 4.58. The van der Waals surface area contributed by atoms with E-state index in [1.165, 1.54) is 5.56 Å². The maximum absolute atomic E-state index is 6.13. The second-order valence-electron chi connectivity index (χ2n) is 5.76. The van der Waals surface area contributed by atoms with Crippen molar-refractivity contribution in [1.29, 1.82) is 0 Å². The summed E-state index contributed by atoms with van der Waals surface area (Å²) in [5.41, 5.74) is 3.34. The quantitative estimate of drug-likeness (QED) is 0.702. The summed E-state index contributed by atoms with van der Waals surface area (Å²) >= 11 is 11.5. The van der Waals surface area contributed by atoms with E-state index in [4.69, 9.17) is 23.8 Å². The van der Waals surface area contributed by atoms with Gasteiger partial charge in [-0.3, -0.25) is 0 Å². The number of hydrogen-bond donors (Lipinski definition) is 2. The Morgan fingerprint density at radius 2 is 1.91 bits per heavy atom. The number of thiocarbonyl (C=S) groups is 1. The molecule has 2 rings (SSSR count). The average molecular weight is 347 g/mol. The van der Waals surface area contributed by atoms with Gasteiger partial charge in [-0.15, -0.1) is 0 Å². The monoisotopic (exact) mass is 346 g/mol. The number of hydrogen-bond acceptors (Lipinski definition) is 1. The van der Waals surface area contributed by atoms with Crippen molar-refractivity contribution in [3.63, 3.8) is 0 Å². The van der Waals surface area contributed by atoms with Gasteiger partial charge in [0.15, 0.2) is 5.11 Å². The van der Waals surface area contributed by atoms with Gasteiger partial charge in [0.1, 0.15) is 0 Å². The molecule has 0 saturated heterocycles. The topological polar surface area (TPSA) is 24.1 Å². The van der Waals surface area contributed by atoms with Crippen LogP contribution in [0.1, 0.15) is 24.5 Å². The normalized spacial score (nSPS) is 11.8. The molecule has 0 bridgehead atoms. The first-order valence-corrected chi connectivity index (χ1v) is 8.72. The lowest BCUT2D eigenvalue weighted by Crippen LogP contribution is -2.33. The smallest absolute Gasteiger partial charge is 0.170 e. The minimum absolute atomic E-state index is 0.554. The zero-order valence-corrected chi connectivity index (χ0v) is 15.2. The summed E-state index contributed by atoms with van der Waals surface area (Å²) in [6.07, 6.45) is 2.17. The Hall–Kier alpha value is -1.58. The molecule has 0 radical (unpaired) electrons. The highest BCUT2D eigenvalue weighted by molar-refractivity contribution is 7.80. The van der Waals surface area contributed by atoms with E-state index in [1.807, 2.05) is 25.1 Å². The largest absolute Gasteiger partial charge is 0.362 e. The third-order valence-electron chi connectivity index (χ3n) is 3.93. The van der Waals surface area contributed by atoms with Gasteiger partial charge in [0, 0.05) is 17.3 Å². The van der Waals surface area contributed by atoms with Crippen molar-refractivity contribution in [2.45, 2.75) is 26.7 Å². The van der Waals surface area contributed by atoms with Crippen LogP contribution in [0.25, 0.3) is 0 Å². The van der Waals surface area contributed by atoms with Crippen LogP contribution in [0.3, 0.4) is 0 Å². The van der Waals surface area contributed by atoms with Crippen LogP contribution in [-0.4, -0.2) is 11.7 Å². The first-order chi connectivity index (χ1) is 11.1. The maximum atomic E-state index is 6.13. The second-order valence-corrected chi connectivity index (χ2v) is 6.58. The zero-order valence-electron chi connectivity index (χ0n) is 13.6. The number of anilines is 1. The Labute approximate surface area is 149 Å². The van der Waals surface area contributed by atoms with Gasteiger partial charge < -0.3 is 10.6 Å². The van der Waals surface area contributed by atoms with Crippen molar-refractivity contribution < 1.29 is 0 Å². The summed E-state index contributed by atoms with van der Waals surface area (Å²) in [6, 6.07) is 16.4. The molecule has 0 aliphatic heterocycles. The molecule has 0 saturated carbocycles. The summed E-state index contributed by atoms with van der Waals surface area (Å²) in [4.78, 5) is 0. The van der Waals surface area contributed by atoms with Crippen LogP contribution in [0.5, 0.6) is 0 Å². The highest BCUT2D eigenvalue weighted by Gasteiger charge is 2.08. The summed E-state index contributed by atoms with van der Waals surface area (Å²) < 4.78 is 0. The molecule has 0 aliphatic carbocycles. The molecule has 0 heterocycles. The predicted octanol–water partition coefficient (Wildman–Crippen LogP) is 5.20. The second kappa shape index (κ2) is 8.90. The van der Waals surface area contributed by atoms with Gasteiger partial charge in [0.05, 0.1) is 0 Å². The lowest BCUT2D eigenvalue weighted by atomic mass is 9.97. The van der Waals surface area contributed by atoms with Crippen LogP contribution in [-0.2, 0) is 6.42 Å². The molecular weight excluding hydrogens is 324 g/mol. The first kappa shape index (κ1) is 17.8. The highest BCUT2D eigenvalue weighted by atomic mass is 35.5. The Morgan fingerprint density at radius 1 is 1.17 bits per heavy atom. The molecule has 2 aromatic carbocycles. The van der Waals surface area contributed by atoms with Crippen LogP contribution in [0.2, 0.25) is 5.02 Å². The summed E-state index contributed by atoms with van der Waals surface area (Å²) in [6.45, 7) is 5.06. The van der Waals surface area contributed by atoms with E-state index in [2.05, 4.69) is 47.9 Å². The van der Waals surface area contributed by atoms with E-state index in [1.54, 1.807) is 0 Å². The predicted molar refractivity (Wildman–Crippen MR) is 104 cm³/mol. The van der Waals surface area contributed by atoms with Gasteiger partial charge >= 0.3 is 0 Å². The Kier molecular flexibility index (Phi) is 6.87. The molecule has 2 N–H and O–H groups in total. The van der Waals surface area contributed by atoms with Gasteiger partial charge in [-0.25, -0.2) is 0 Å². The minimum atomic E-state index is 0.554. The standard InChI is InChI=1S/C19H23ClN2S/c1-3-15(11-16-7-5-4-6-8-16)13-21-19(23)22-17-10-9-14(2)18(20)12-17/h4-10,12,15H,3,11,13H2,1-2H3,(H2,21,22,23). The molecule has 0 aliphatic rings. The molecule has 0 spiro atoms. The molecule has 0 aromatic heterocycles. The fourth-order valence-electron chi connectivity index (χ4n) is 2.39. The number of nitrogens with one attached hydrogen (secondary N) is 2. The fraction of sp³-hybridized carbons (Fsp3) is 0.316. The van der Waals surface area contributed by atoms with Crippen LogP contribution >= 0.6 is 23.8 Å². The van der Waals surface area contributed by atoms with Crippen LogP contribution in [0, 0.1) is 12.8 Å². The molecular formula is C19H23ClN2S. The molecule has 2 nitrogen and oxygen atoms in total. The number of benzene rings is 2. The summed E-state index contributed by atoms with van der Waals surface area (Å²) in [5, 5.41) is 7.88. The molecule has 1 atom stereocenters. The van der Waals surface area contributed by atoms with Gasteiger partial charge in [-0.1, -0.05) is 61.3 Å². The SMILES string of the molecule is CCC(CNC(=S)Nc1ccc(C)c(Cl)c1)Cc1ccccc1. The van der Waals surface area contributed by atoms with Gasteiger partial charge in [0.25, 0.3) is 0 Å². The highest BCUT2D eigenvalue weighted by Crippen LogP contribution is 2.20. The van der Waals surface area contributed by atoms with Crippen molar-refractivity contribution in [2.24, 2.45) is 5.92 Å². The number of aryl methyl sites for hydroxylation is 1. The fourth-order valence-corrected chi connectivity index (χ4v) is 2.77. The number of halogens is 1. The van der Waals surface area contributed by atoms with E-state index in [0.717, 1.165) is 35.7 Å². The van der Waals surface area contributed by atoms with Gasteiger partial charge in [-0.05, 0) is 54.7 Å². The third kappa shape index (κ3) is 5.85. The Morgan fingerprint density at radius 3 is 2.57 bits per heavy atom. The maximum Gasteiger partial charge on any atom is 0.170 e. The summed E-state index contributed by atoms with van der Waals surface area (Å²) in [5.74, 6) is 0.554. The summed E-state index contributed by atoms with van der Waals surface area (Å²) in [7, 11) is 0. The molecule has 4 heteroatoms. The van der Waals surface area contributed by atoms with Crippen molar-refractivity contribution >= 4 is 34.6 Å². The molecule has 0 amide bonds. The molecule has 0 fully saturated rings. The Bertz CT molecular complexity index is 643. The lowest BCUT2D eigenvalue weighted by molar-refractivity contribution is 0.498. The van der Waals surface area contributed by atoms with Crippen molar-refractivity contribution in [3.05, 3.63) is 64.7 Å². The van der Waals surface area contributed by atoms with E-state index >= 15 is 0 Å². The number of rotatable bonds is 6. The van der Waals surface area contributed by atoms with E-state index in [9.17, 15) is 0 Å². The van der Waals surface area contributed by atoms with E-state index < -0.39 is 0 Å². The van der Waals surface area contributed by atoms with Gasteiger partial charge in [0.2, 0.25) is 0 Å². The van der Waals surface area contributed by atoms with Crippen LogP contribution < -0.4 is 10.6 Å². The van der Waals surface area contributed by atoms with Crippen LogP contribution in [0.4, 0.5) is 5.69 Å². The molecule has 23 heavy (non-hydrogen) atoms.